The van der Waals surface area contributed by atoms with Crippen LogP contribution >= 0.6 is 0 Å². The molecule has 0 bridgehead atoms. The highest BCUT2D eigenvalue weighted by molar-refractivity contribution is 7.86. The lowest BCUT2D eigenvalue weighted by atomic mass is 10.1. The van der Waals surface area contributed by atoms with Crippen molar-refractivity contribution >= 4 is 10.1 Å². The molecule has 0 aromatic heterocycles. The van der Waals surface area contributed by atoms with Crippen molar-refractivity contribution in [1.29, 1.82) is 0 Å². The molecule has 0 spiro atoms. The summed E-state index contributed by atoms with van der Waals surface area (Å²) in [6.07, 6.45) is 10.3. The normalized spacial score (nSPS) is 11.7. The monoisotopic (exact) mass is 326 g/mol. The molecule has 4 heteroatoms. The standard InChI is InChI=1S/C18H30O3S/c1-3-5-7-8-9-10-11-17-12-14-18(15-13-17)22(19,20)21-16-6-4-2/h12-15H,3-11,16H2,1-2H3. The summed E-state index contributed by atoms with van der Waals surface area (Å²) in [4.78, 5) is 0.260. The number of benzene rings is 1. The Bertz CT molecular complexity index is 492. The van der Waals surface area contributed by atoms with Crippen LogP contribution in [0.3, 0.4) is 0 Å². The van der Waals surface area contributed by atoms with Crippen LogP contribution in [0.5, 0.6) is 0 Å². The third-order valence-electron chi connectivity index (χ3n) is 3.77. The summed E-state index contributed by atoms with van der Waals surface area (Å²) in [7, 11) is -3.58. The molecule has 0 unspecified atom stereocenters. The Morgan fingerprint density at radius 3 is 2.05 bits per heavy atom. The zero-order valence-electron chi connectivity index (χ0n) is 14.0. The Labute approximate surface area is 136 Å². The first-order valence-corrected chi connectivity index (χ1v) is 9.99. The second-order valence-electron chi connectivity index (χ2n) is 5.79. The van der Waals surface area contributed by atoms with Gasteiger partial charge in [0, 0.05) is 0 Å². The van der Waals surface area contributed by atoms with E-state index < -0.39 is 10.1 Å². The lowest BCUT2D eigenvalue weighted by molar-refractivity contribution is 0.311. The molecule has 0 fully saturated rings. The van der Waals surface area contributed by atoms with Gasteiger partial charge in [0.25, 0.3) is 10.1 Å². The van der Waals surface area contributed by atoms with Crippen LogP contribution in [0.2, 0.25) is 0 Å². The van der Waals surface area contributed by atoms with Gasteiger partial charge < -0.3 is 0 Å². The molecule has 0 amide bonds. The van der Waals surface area contributed by atoms with E-state index in [0.717, 1.165) is 19.3 Å². The molecule has 0 aliphatic heterocycles. The summed E-state index contributed by atoms with van der Waals surface area (Å²) in [6, 6.07) is 7.13. The first-order chi connectivity index (χ1) is 10.6. The Kier molecular flexibility index (Phi) is 9.41. The van der Waals surface area contributed by atoms with Crippen molar-refractivity contribution in [3.05, 3.63) is 29.8 Å². The van der Waals surface area contributed by atoms with Crippen LogP contribution < -0.4 is 0 Å². The predicted molar refractivity (Wildman–Crippen MR) is 91.6 cm³/mol. The molecule has 126 valence electrons. The topological polar surface area (TPSA) is 43.4 Å². The van der Waals surface area contributed by atoms with Crippen LogP contribution in [0.4, 0.5) is 0 Å². The van der Waals surface area contributed by atoms with Crippen molar-refractivity contribution in [3.63, 3.8) is 0 Å². The van der Waals surface area contributed by atoms with Crippen molar-refractivity contribution in [1.82, 2.24) is 0 Å². The summed E-state index contributed by atoms with van der Waals surface area (Å²) in [5.41, 5.74) is 1.20. The second kappa shape index (κ2) is 10.8. The maximum Gasteiger partial charge on any atom is 0.296 e. The summed E-state index contributed by atoms with van der Waals surface area (Å²) in [5, 5.41) is 0. The Balaban J connectivity index is 2.39. The van der Waals surface area contributed by atoms with Crippen LogP contribution in [0, 0.1) is 0 Å². The molecule has 0 saturated carbocycles. The highest BCUT2D eigenvalue weighted by Crippen LogP contribution is 2.16. The number of hydrogen-bond donors (Lipinski definition) is 0. The van der Waals surface area contributed by atoms with Gasteiger partial charge in [-0.3, -0.25) is 4.18 Å². The quantitative estimate of drug-likeness (QED) is 0.397. The lowest BCUT2D eigenvalue weighted by Crippen LogP contribution is -2.07. The molecule has 0 heterocycles. The van der Waals surface area contributed by atoms with Gasteiger partial charge in [0.2, 0.25) is 0 Å². The Hall–Kier alpha value is -0.870. The summed E-state index contributed by atoms with van der Waals surface area (Å²) >= 11 is 0. The summed E-state index contributed by atoms with van der Waals surface area (Å²) in [6.45, 7) is 4.49. The van der Waals surface area contributed by atoms with Gasteiger partial charge in [-0.2, -0.15) is 8.42 Å². The van der Waals surface area contributed by atoms with E-state index in [1.807, 2.05) is 19.1 Å². The molecule has 1 aromatic rings. The van der Waals surface area contributed by atoms with Gasteiger partial charge in [-0.25, -0.2) is 0 Å². The van der Waals surface area contributed by atoms with Gasteiger partial charge in [0.1, 0.15) is 0 Å². The number of aryl methyl sites for hydroxylation is 1. The highest BCUT2D eigenvalue weighted by Gasteiger charge is 2.14. The van der Waals surface area contributed by atoms with E-state index in [-0.39, 0.29) is 11.5 Å². The number of rotatable bonds is 12. The van der Waals surface area contributed by atoms with Crippen molar-refractivity contribution in [2.24, 2.45) is 0 Å². The maximum atomic E-state index is 12.0. The van der Waals surface area contributed by atoms with Crippen LogP contribution in [-0.2, 0) is 20.7 Å². The van der Waals surface area contributed by atoms with Crippen LogP contribution in [0.15, 0.2) is 29.2 Å². The van der Waals surface area contributed by atoms with Crippen molar-refractivity contribution < 1.29 is 12.6 Å². The molecular weight excluding hydrogens is 296 g/mol. The zero-order chi connectivity index (χ0) is 16.3. The minimum atomic E-state index is -3.58. The minimum absolute atomic E-state index is 0.260. The third-order valence-corrected chi connectivity index (χ3v) is 5.09. The van der Waals surface area contributed by atoms with Gasteiger partial charge in [0.05, 0.1) is 11.5 Å². The Morgan fingerprint density at radius 1 is 0.818 bits per heavy atom. The molecule has 3 nitrogen and oxygen atoms in total. The van der Waals surface area contributed by atoms with E-state index in [4.69, 9.17) is 4.18 Å². The first kappa shape index (κ1) is 19.2. The molecule has 1 rings (SSSR count). The number of hydrogen-bond acceptors (Lipinski definition) is 3. The smallest absolute Gasteiger partial charge is 0.266 e. The van der Waals surface area contributed by atoms with E-state index in [9.17, 15) is 8.42 Å². The molecule has 0 N–H and O–H groups in total. The van der Waals surface area contributed by atoms with Gasteiger partial charge in [-0.15, -0.1) is 0 Å². The van der Waals surface area contributed by atoms with Gasteiger partial charge in [-0.1, -0.05) is 64.5 Å². The van der Waals surface area contributed by atoms with E-state index in [1.165, 1.54) is 44.1 Å². The molecule has 0 aliphatic rings. The van der Waals surface area contributed by atoms with Crippen molar-refractivity contribution in [2.75, 3.05) is 6.61 Å². The SMILES string of the molecule is CCCCCCCCc1ccc(S(=O)(=O)OCCCC)cc1. The average molecular weight is 327 g/mol. The van der Waals surface area contributed by atoms with Crippen LogP contribution in [-0.4, -0.2) is 15.0 Å². The van der Waals surface area contributed by atoms with E-state index in [2.05, 4.69) is 6.92 Å². The number of unbranched alkanes of at least 4 members (excludes halogenated alkanes) is 6. The average Bonchev–Trinajstić information content (AvgIpc) is 2.51. The fourth-order valence-electron chi connectivity index (χ4n) is 2.31. The molecule has 0 saturated heterocycles. The van der Waals surface area contributed by atoms with Gasteiger partial charge >= 0.3 is 0 Å². The Morgan fingerprint density at radius 2 is 1.41 bits per heavy atom. The van der Waals surface area contributed by atoms with Crippen LogP contribution in [0.25, 0.3) is 0 Å². The van der Waals surface area contributed by atoms with Crippen molar-refractivity contribution in [3.8, 4) is 0 Å². The van der Waals surface area contributed by atoms with E-state index in [0.29, 0.717) is 0 Å². The van der Waals surface area contributed by atoms with Gasteiger partial charge in [0.15, 0.2) is 0 Å². The second-order valence-corrected chi connectivity index (χ2v) is 7.41. The summed E-state index contributed by atoms with van der Waals surface area (Å²) in [5.74, 6) is 0. The van der Waals surface area contributed by atoms with E-state index >= 15 is 0 Å². The van der Waals surface area contributed by atoms with E-state index in [1.54, 1.807) is 12.1 Å². The summed E-state index contributed by atoms with van der Waals surface area (Å²) < 4.78 is 28.9. The largest absolute Gasteiger partial charge is 0.296 e. The molecule has 1 aromatic carbocycles. The van der Waals surface area contributed by atoms with Crippen molar-refractivity contribution in [2.45, 2.75) is 76.5 Å². The highest BCUT2D eigenvalue weighted by atomic mass is 32.2. The fraction of sp³-hybridized carbons (Fsp3) is 0.667. The lowest BCUT2D eigenvalue weighted by Gasteiger charge is -2.06. The molecule has 22 heavy (non-hydrogen) atoms. The van der Waals surface area contributed by atoms with Crippen LogP contribution in [0.1, 0.15) is 70.8 Å². The molecule has 0 atom stereocenters. The third kappa shape index (κ3) is 7.41. The first-order valence-electron chi connectivity index (χ1n) is 8.58. The maximum absolute atomic E-state index is 12.0. The predicted octanol–water partition coefficient (Wildman–Crippen LogP) is 5.10. The molecule has 0 aliphatic carbocycles. The zero-order valence-corrected chi connectivity index (χ0v) is 14.8. The molecule has 0 radical (unpaired) electrons. The fourth-order valence-corrected chi connectivity index (χ4v) is 3.26. The van der Waals surface area contributed by atoms with Gasteiger partial charge in [-0.05, 0) is 37.0 Å². The molecular formula is C18H30O3S. The minimum Gasteiger partial charge on any atom is -0.266 e.